The van der Waals surface area contributed by atoms with Crippen LogP contribution in [0.2, 0.25) is 5.02 Å². The predicted octanol–water partition coefficient (Wildman–Crippen LogP) is 4.48. The van der Waals surface area contributed by atoms with Gasteiger partial charge in [0.15, 0.2) is 0 Å². The standard InChI is InChI=1S/C15H18ClNOS/c1-11(2)17-9-12-7-8-13(19-12)10-18-15-6-4-3-5-14(15)16/h3-8,11,17H,9-10H2,1-2H3. The molecule has 0 atom stereocenters. The molecule has 0 bridgehead atoms. The number of para-hydroxylation sites is 1. The van der Waals surface area contributed by atoms with Crippen LogP contribution in [0.3, 0.4) is 0 Å². The third-order valence-electron chi connectivity index (χ3n) is 2.61. The Labute approximate surface area is 123 Å². The largest absolute Gasteiger partial charge is 0.487 e. The van der Waals surface area contributed by atoms with Gasteiger partial charge in [-0.05, 0) is 24.3 Å². The summed E-state index contributed by atoms with van der Waals surface area (Å²) >= 11 is 7.82. The summed E-state index contributed by atoms with van der Waals surface area (Å²) in [6.45, 7) is 5.77. The number of hydrogen-bond donors (Lipinski definition) is 1. The van der Waals surface area contributed by atoms with E-state index in [1.165, 1.54) is 9.75 Å². The first-order valence-corrected chi connectivity index (χ1v) is 7.53. The van der Waals surface area contributed by atoms with Crippen molar-refractivity contribution in [2.24, 2.45) is 0 Å². The molecule has 2 rings (SSSR count). The monoisotopic (exact) mass is 295 g/mol. The molecule has 0 saturated carbocycles. The summed E-state index contributed by atoms with van der Waals surface area (Å²) < 4.78 is 5.72. The average molecular weight is 296 g/mol. The Balaban J connectivity index is 1.88. The van der Waals surface area contributed by atoms with E-state index in [0.29, 0.717) is 17.7 Å². The lowest BCUT2D eigenvalue weighted by Gasteiger charge is -2.06. The predicted molar refractivity (Wildman–Crippen MR) is 82.1 cm³/mol. The van der Waals surface area contributed by atoms with Crippen molar-refractivity contribution >= 4 is 22.9 Å². The van der Waals surface area contributed by atoms with Gasteiger partial charge < -0.3 is 10.1 Å². The van der Waals surface area contributed by atoms with Crippen molar-refractivity contribution in [2.75, 3.05) is 0 Å². The van der Waals surface area contributed by atoms with Gasteiger partial charge in [-0.25, -0.2) is 0 Å². The quantitative estimate of drug-likeness (QED) is 0.848. The minimum Gasteiger partial charge on any atom is -0.487 e. The fourth-order valence-corrected chi connectivity index (χ4v) is 2.68. The molecule has 2 aromatic rings. The van der Waals surface area contributed by atoms with E-state index < -0.39 is 0 Å². The SMILES string of the molecule is CC(C)NCc1ccc(COc2ccccc2Cl)s1. The van der Waals surface area contributed by atoms with E-state index in [9.17, 15) is 0 Å². The zero-order chi connectivity index (χ0) is 13.7. The third-order valence-corrected chi connectivity index (χ3v) is 3.98. The molecule has 1 N–H and O–H groups in total. The van der Waals surface area contributed by atoms with E-state index in [2.05, 4.69) is 31.3 Å². The highest BCUT2D eigenvalue weighted by Gasteiger charge is 2.04. The normalized spacial score (nSPS) is 10.9. The highest BCUT2D eigenvalue weighted by molar-refractivity contribution is 7.11. The molecule has 0 unspecified atom stereocenters. The molecule has 0 aliphatic rings. The molecular weight excluding hydrogens is 278 g/mol. The molecule has 102 valence electrons. The maximum absolute atomic E-state index is 6.05. The first-order valence-electron chi connectivity index (χ1n) is 6.33. The molecule has 0 fully saturated rings. The molecule has 0 saturated heterocycles. The van der Waals surface area contributed by atoms with Crippen LogP contribution in [-0.2, 0) is 13.2 Å². The van der Waals surface area contributed by atoms with Crippen LogP contribution in [-0.4, -0.2) is 6.04 Å². The Morgan fingerprint density at radius 1 is 1.16 bits per heavy atom. The fraction of sp³-hybridized carbons (Fsp3) is 0.333. The van der Waals surface area contributed by atoms with Crippen LogP contribution in [0, 0.1) is 0 Å². The van der Waals surface area contributed by atoms with E-state index in [-0.39, 0.29) is 0 Å². The van der Waals surface area contributed by atoms with E-state index in [4.69, 9.17) is 16.3 Å². The number of thiophene rings is 1. The second-order valence-corrected chi connectivity index (χ2v) is 6.28. The Hall–Kier alpha value is -1.03. The van der Waals surface area contributed by atoms with E-state index in [1.54, 1.807) is 11.3 Å². The maximum atomic E-state index is 6.05. The minimum atomic E-state index is 0.505. The van der Waals surface area contributed by atoms with Gasteiger partial charge in [0, 0.05) is 22.3 Å². The molecule has 2 nitrogen and oxygen atoms in total. The van der Waals surface area contributed by atoms with Crippen molar-refractivity contribution in [1.29, 1.82) is 0 Å². The number of rotatable bonds is 6. The van der Waals surface area contributed by atoms with Crippen LogP contribution in [0.4, 0.5) is 0 Å². The van der Waals surface area contributed by atoms with E-state index >= 15 is 0 Å². The lowest BCUT2D eigenvalue weighted by Crippen LogP contribution is -2.21. The molecule has 1 aromatic carbocycles. The molecule has 0 aliphatic carbocycles. The highest BCUT2D eigenvalue weighted by atomic mass is 35.5. The summed E-state index contributed by atoms with van der Waals surface area (Å²) in [4.78, 5) is 2.53. The van der Waals surface area contributed by atoms with Crippen LogP contribution >= 0.6 is 22.9 Å². The molecule has 0 aliphatic heterocycles. The first-order chi connectivity index (χ1) is 9.15. The molecular formula is C15H18ClNOS. The van der Waals surface area contributed by atoms with Gasteiger partial charge in [0.25, 0.3) is 0 Å². The summed E-state index contributed by atoms with van der Waals surface area (Å²) in [7, 11) is 0. The zero-order valence-electron chi connectivity index (χ0n) is 11.2. The van der Waals surface area contributed by atoms with Gasteiger partial charge in [0.2, 0.25) is 0 Å². The first kappa shape index (κ1) is 14.4. The zero-order valence-corrected chi connectivity index (χ0v) is 12.7. The average Bonchev–Trinajstić information content (AvgIpc) is 2.83. The van der Waals surface area contributed by atoms with E-state index in [0.717, 1.165) is 12.3 Å². The summed E-state index contributed by atoms with van der Waals surface area (Å²) in [6.07, 6.45) is 0. The Morgan fingerprint density at radius 3 is 2.63 bits per heavy atom. The van der Waals surface area contributed by atoms with E-state index in [1.807, 2.05) is 24.3 Å². The van der Waals surface area contributed by atoms with Crippen molar-refractivity contribution in [3.05, 3.63) is 51.2 Å². The minimum absolute atomic E-state index is 0.505. The summed E-state index contributed by atoms with van der Waals surface area (Å²) in [5.74, 6) is 0.736. The fourth-order valence-electron chi connectivity index (χ4n) is 1.61. The lowest BCUT2D eigenvalue weighted by molar-refractivity contribution is 0.310. The molecule has 1 heterocycles. The Bertz CT molecular complexity index is 524. The van der Waals surface area contributed by atoms with Gasteiger partial charge in [0.1, 0.15) is 12.4 Å². The number of nitrogens with one attached hydrogen (secondary N) is 1. The highest BCUT2D eigenvalue weighted by Crippen LogP contribution is 2.25. The third kappa shape index (κ3) is 4.53. The van der Waals surface area contributed by atoms with Gasteiger partial charge in [-0.1, -0.05) is 37.6 Å². The number of hydrogen-bond acceptors (Lipinski definition) is 3. The van der Waals surface area contributed by atoms with Gasteiger partial charge in [-0.3, -0.25) is 0 Å². The Kier molecular flexibility index (Phi) is 5.25. The van der Waals surface area contributed by atoms with Crippen molar-refractivity contribution in [2.45, 2.75) is 33.0 Å². The van der Waals surface area contributed by atoms with Gasteiger partial charge in [-0.2, -0.15) is 0 Å². The Morgan fingerprint density at radius 2 is 1.89 bits per heavy atom. The topological polar surface area (TPSA) is 21.3 Å². The van der Waals surface area contributed by atoms with Crippen LogP contribution in [0.1, 0.15) is 23.6 Å². The van der Waals surface area contributed by atoms with Crippen LogP contribution in [0.5, 0.6) is 5.75 Å². The van der Waals surface area contributed by atoms with Gasteiger partial charge in [0.05, 0.1) is 5.02 Å². The molecule has 4 heteroatoms. The van der Waals surface area contributed by atoms with Gasteiger partial charge in [-0.15, -0.1) is 11.3 Å². The maximum Gasteiger partial charge on any atom is 0.138 e. The molecule has 19 heavy (non-hydrogen) atoms. The molecule has 0 spiro atoms. The molecule has 1 aromatic heterocycles. The summed E-state index contributed by atoms with van der Waals surface area (Å²) in [5.41, 5.74) is 0. The van der Waals surface area contributed by atoms with Crippen LogP contribution in [0.15, 0.2) is 36.4 Å². The van der Waals surface area contributed by atoms with Crippen LogP contribution in [0.25, 0.3) is 0 Å². The molecule has 0 amide bonds. The second kappa shape index (κ2) is 6.94. The number of halogens is 1. The lowest BCUT2D eigenvalue weighted by atomic mass is 10.3. The second-order valence-electron chi connectivity index (χ2n) is 4.62. The smallest absolute Gasteiger partial charge is 0.138 e. The van der Waals surface area contributed by atoms with Crippen molar-refractivity contribution in [3.63, 3.8) is 0 Å². The van der Waals surface area contributed by atoms with Gasteiger partial charge >= 0.3 is 0 Å². The molecule has 0 radical (unpaired) electrons. The summed E-state index contributed by atoms with van der Waals surface area (Å²) in [5, 5.41) is 4.06. The van der Waals surface area contributed by atoms with Crippen molar-refractivity contribution < 1.29 is 4.74 Å². The number of ether oxygens (including phenoxy) is 1. The summed E-state index contributed by atoms with van der Waals surface area (Å²) in [6, 6.07) is 12.3. The van der Waals surface area contributed by atoms with Crippen molar-refractivity contribution in [3.8, 4) is 5.75 Å². The van der Waals surface area contributed by atoms with Crippen molar-refractivity contribution in [1.82, 2.24) is 5.32 Å². The van der Waals surface area contributed by atoms with Crippen LogP contribution < -0.4 is 10.1 Å². The number of benzene rings is 1.